The highest BCUT2D eigenvalue weighted by Gasteiger charge is 2.24. The van der Waals surface area contributed by atoms with Crippen LogP contribution in [0, 0.1) is 0 Å². The van der Waals surface area contributed by atoms with Crippen molar-refractivity contribution in [3.63, 3.8) is 0 Å². The van der Waals surface area contributed by atoms with Crippen molar-refractivity contribution in [1.29, 1.82) is 0 Å². The van der Waals surface area contributed by atoms with Crippen LogP contribution in [0.1, 0.15) is 5.69 Å². The molecule has 0 atom stereocenters. The Kier molecular flexibility index (Phi) is 3.47. The topological polar surface area (TPSA) is 76.4 Å². The summed E-state index contributed by atoms with van der Waals surface area (Å²) in [5.41, 5.74) is 0.623. The molecule has 3 aromatic heterocycles. The van der Waals surface area contributed by atoms with Crippen molar-refractivity contribution in [2.45, 2.75) is 11.6 Å². The van der Waals surface area contributed by atoms with Crippen molar-refractivity contribution in [1.82, 2.24) is 19.1 Å². The van der Waals surface area contributed by atoms with Crippen LogP contribution in [-0.2, 0) is 16.6 Å². The molecular formula is C11H9ClN4O2S2. The highest BCUT2D eigenvalue weighted by Crippen LogP contribution is 2.25. The predicted molar refractivity (Wildman–Crippen MR) is 76.3 cm³/mol. The Morgan fingerprint density at radius 2 is 2.25 bits per heavy atom. The van der Waals surface area contributed by atoms with Crippen LogP contribution in [0.25, 0.3) is 4.96 Å². The van der Waals surface area contributed by atoms with Gasteiger partial charge in [-0.15, -0.1) is 11.3 Å². The molecule has 9 heteroatoms. The van der Waals surface area contributed by atoms with Gasteiger partial charge in [-0.05, 0) is 12.1 Å². The molecule has 6 nitrogen and oxygen atoms in total. The van der Waals surface area contributed by atoms with Gasteiger partial charge in [-0.25, -0.2) is 18.1 Å². The molecule has 0 radical (unpaired) electrons. The molecule has 0 spiro atoms. The second-order valence-corrected chi connectivity index (χ2v) is 6.82. The number of aromatic nitrogens is 3. The summed E-state index contributed by atoms with van der Waals surface area (Å²) in [6, 6.07) is 5.29. The van der Waals surface area contributed by atoms with Gasteiger partial charge in [0.2, 0.25) is 0 Å². The second kappa shape index (κ2) is 5.13. The first-order chi connectivity index (χ1) is 9.58. The number of rotatable bonds is 4. The van der Waals surface area contributed by atoms with Gasteiger partial charge < -0.3 is 0 Å². The highest BCUT2D eigenvalue weighted by molar-refractivity contribution is 7.89. The minimum Gasteiger partial charge on any atom is -0.279 e. The summed E-state index contributed by atoms with van der Waals surface area (Å²) in [5.74, 6) is 0. The Morgan fingerprint density at radius 3 is 3.00 bits per heavy atom. The van der Waals surface area contributed by atoms with Crippen molar-refractivity contribution in [3.05, 3.63) is 46.8 Å². The molecule has 0 aromatic carbocycles. The van der Waals surface area contributed by atoms with Crippen LogP contribution in [0.4, 0.5) is 0 Å². The third-order valence-corrected chi connectivity index (χ3v) is 5.16. The van der Waals surface area contributed by atoms with Gasteiger partial charge in [0.05, 0.1) is 12.2 Å². The Bertz CT molecular complexity index is 842. The normalized spacial score (nSPS) is 12.1. The van der Waals surface area contributed by atoms with E-state index in [2.05, 4.69) is 14.7 Å². The van der Waals surface area contributed by atoms with Gasteiger partial charge >= 0.3 is 0 Å². The van der Waals surface area contributed by atoms with E-state index in [9.17, 15) is 8.42 Å². The van der Waals surface area contributed by atoms with Gasteiger partial charge in [0.1, 0.15) is 0 Å². The highest BCUT2D eigenvalue weighted by atomic mass is 35.5. The first-order valence-corrected chi connectivity index (χ1v) is 8.32. The van der Waals surface area contributed by atoms with E-state index in [0.29, 0.717) is 10.7 Å². The average molecular weight is 329 g/mol. The van der Waals surface area contributed by atoms with Gasteiger partial charge in [-0.3, -0.25) is 9.38 Å². The summed E-state index contributed by atoms with van der Waals surface area (Å²) in [7, 11) is -3.76. The van der Waals surface area contributed by atoms with Crippen LogP contribution in [0.3, 0.4) is 0 Å². The average Bonchev–Trinajstić information content (AvgIpc) is 2.97. The number of thiazole rings is 1. The van der Waals surface area contributed by atoms with Crippen LogP contribution in [0.2, 0.25) is 5.15 Å². The van der Waals surface area contributed by atoms with Gasteiger partial charge in [0.15, 0.2) is 15.1 Å². The van der Waals surface area contributed by atoms with Crippen molar-refractivity contribution in [3.8, 4) is 0 Å². The van der Waals surface area contributed by atoms with Gasteiger partial charge in [0.25, 0.3) is 10.0 Å². The first-order valence-electron chi connectivity index (χ1n) is 5.58. The Hall–Kier alpha value is -1.48. The monoisotopic (exact) mass is 328 g/mol. The number of halogens is 1. The summed E-state index contributed by atoms with van der Waals surface area (Å²) < 4.78 is 28.6. The van der Waals surface area contributed by atoms with Crippen molar-refractivity contribution in [2.24, 2.45) is 0 Å². The number of fused-ring (bicyclic) bond motifs is 1. The van der Waals surface area contributed by atoms with Gasteiger partial charge in [0, 0.05) is 17.8 Å². The fourth-order valence-corrected chi connectivity index (χ4v) is 4.17. The number of nitrogens with one attached hydrogen (secondary N) is 1. The van der Waals surface area contributed by atoms with Crippen LogP contribution >= 0.6 is 22.9 Å². The van der Waals surface area contributed by atoms with Crippen LogP contribution in [0.15, 0.2) is 41.0 Å². The Balaban J connectivity index is 1.92. The number of imidazole rings is 1. The second-order valence-electron chi connectivity index (χ2n) is 3.91. The number of nitrogens with zero attached hydrogens (tertiary/aromatic N) is 3. The summed E-state index contributed by atoms with van der Waals surface area (Å²) >= 11 is 7.23. The molecule has 3 heterocycles. The van der Waals surface area contributed by atoms with E-state index in [0.717, 1.165) is 0 Å². The lowest BCUT2D eigenvalue weighted by atomic mass is 10.4. The summed E-state index contributed by atoms with van der Waals surface area (Å²) in [6.45, 7) is 0.0941. The lowest BCUT2D eigenvalue weighted by molar-refractivity contribution is 0.575. The van der Waals surface area contributed by atoms with E-state index >= 15 is 0 Å². The standard InChI is InChI=1S/C11H9ClN4O2S2/c12-9-10(16-5-6-19-11(16)15-9)20(17,18)14-7-8-3-1-2-4-13-8/h1-6,14H,7H2. The molecule has 1 N–H and O–H groups in total. The van der Waals surface area contributed by atoms with Crippen LogP contribution < -0.4 is 4.72 Å². The third-order valence-electron chi connectivity index (χ3n) is 2.60. The number of hydrogen-bond donors (Lipinski definition) is 1. The third kappa shape index (κ3) is 2.42. The molecule has 0 aliphatic rings. The summed E-state index contributed by atoms with van der Waals surface area (Å²) in [5, 5.41) is 1.66. The fraction of sp³-hybridized carbons (Fsp3) is 0.0909. The lowest BCUT2D eigenvalue weighted by Crippen LogP contribution is -2.25. The molecular weight excluding hydrogens is 320 g/mol. The predicted octanol–water partition coefficient (Wildman–Crippen LogP) is 1.92. The Labute approximate surface area is 124 Å². The zero-order chi connectivity index (χ0) is 14.2. The molecule has 0 aliphatic heterocycles. The number of sulfonamides is 1. The molecule has 3 aromatic rings. The molecule has 0 saturated carbocycles. The first kappa shape index (κ1) is 13.5. The lowest BCUT2D eigenvalue weighted by Gasteiger charge is -2.05. The molecule has 0 unspecified atom stereocenters. The zero-order valence-electron chi connectivity index (χ0n) is 10.0. The summed E-state index contributed by atoms with van der Waals surface area (Å²) in [4.78, 5) is 8.60. The number of hydrogen-bond acceptors (Lipinski definition) is 5. The van der Waals surface area contributed by atoms with Crippen LogP contribution in [-0.4, -0.2) is 22.8 Å². The quantitative estimate of drug-likeness (QED) is 0.794. The maximum absolute atomic E-state index is 12.3. The smallest absolute Gasteiger partial charge is 0.260 e. The molecule has 3 rings (SSSR count). The van der Waals surface area contributed by atoms with E-state index in [1.165, 1.54) is 15.7 Å². The van der Waals surface area contributed by atoms with E-state index in [4.69, 9.17) is 11.6 Å². The maximum atomic E-state index is 12.3. The molecule has 0 bridgehead atoms. The SMILES string of the molecule is O=S(=O)(NCc1ccccn1)c1c(Cl)nc2sccn12. The zero-order valence-corrected chi connectivity index (χ0v) is 12.4. The molecule has 20 heavy (non-hydrogen) atoms. The molecule has 0 amide bonds. The Morgan fingerprint density at radius 1 is 1.40 bits per heavy atom. The molecule has 0 fully saturated rings. The minimum atomic E-state index is -3.76. The molecule has 104 valence electrons. The van der Waals surface area contributed by atoms with Gasteiger partial charge in [-0.2, -0.15) is 0 Å². The molecule has 0 saturated heterocycles. The van der Waals surface area contributed by atoms with E-state index in [-0.39, 0.29) is 16.7 Å². The van der Waals surface area contributed by atoms with E-state index in [1.807, 2.05) is 0 Å². The van der Waals surface area contributed by atoms with Crippen molar-refractivity contribution >= 4 is 37.9 Å². The number of pyridine rings is 1. The van der Waals surface area contributed by atoms with E-state index < -0.39 is 10.0 Å². The van der Waals surface area contributed by atoms with Crippen LogP contribution in [0.5, 0.6) is 0 Å². The summed E-state index contributed by atoms with van der Waals surface area (Å²) in [6.07, 6.45) is 3.22. The minimum absolute atomic E-state index is 0.0367. The molecule has 0 aliphatic carbocycles. The largest absolute Gasteiger partial charge is 0.279 e. The maximum Gasteiger partial charge on any atom is 0.260 e. The fourth-order valence-electron chi connectivity index (χ4n) is 1.72. The van der Waals surface area contributed by atoms with Crippen molar-refractivity contribution < 1.29 is 8.42 Å². The van der Waals surface area contributed by atoms with Gasteiger partial charge in [-0.1, -0.05) is 17.7 Å². The van der Waals surface area contributed by atoms with E-state index in [1.54, 1.807) is 36.0 Å². The van der Waals surface area contributed by atoms with Crippen molar-refractivity contribution in [2.75, 3.05) is 0 Å².